The van der Waals surface area contributed by atoms with Crippen molar-refractivity contribution >= 4 is 28.4 Å². The number of carbonyl (C=O) groups excluding carboxylic acids is 1. The lowest BCUT2D eigenvalue weighted by atomic mass is 9.87. The second kappa shape index (κ2) is 7.59. The summed E-state index contributed by atoms with van der Waals surface area (Å²) in [5.41, 5.74) is 0.460. The van der Waals surface area contributed by atoms with Crippen LogP contribution in [0, 0.1) is 11.6 Å². The highest BCUT2D eigenvalue weighted by molar-refractivity contribution is 6.33. The predicted molar refractivity (Wildman–Crippen MR) is 109 cm³/mol. The van der Waals surface area contributed by atoms with Crippen LogP contribution in [0.4, 0.5) is 8.78 Å². The molecular formula is C22H19ClF2N2O2. The van der Waals surface area contributed by atoms with Crippen molar-refractivity contribution in [3.05, 3.63) is 68.8 Å². The first kappa shape index (κ1) is 19.6. The van der Waals surface area contributed by atoms with Crippen LogP contribution in [-0.4, -0.2) is 28.9 Å². The van der Waals surface area contributed by atoms with Gasteiger partial charge in [-0.1, -0.05) is 29.8 Å². The summed E-state index contributed by atoms with van der Waals surface area (Å²) < 4.78 is 30.2. The van der Waals surface area contributed by atoms with Crippen LogP contribution in [0.15, 0.2) is 41.2 Å². The van der Waals surface area contributed by atoms with Crippen molar-refractivity contribution in [1.29, 1.82) is 0 Å². The number of pyridine rings is 1. The Balaban J connectivity index is 1.79. The molecular weight excluding hydrogens is 398 g/mol. The van der Waals surface area contributed by atoms with Gasteiger partial charge < -0.3 is 9.88 Å². The summed E-state index contributed by atoms with van der Waals surface area (Å²) in [6, 6.07) is 9.38. The SMILES string of the molecule is CC(=O)N1CCC(c2c(F)cc3[nH]c(-c4ccccc4Cl)cc(=O)c3c2F)CC1. The Bertz CT molecular complexity index is 1170. The maximum Gasteiger partial charge on any atom is 0.219 e. The number of hydrogen-bond acceptors (Lipinski definition) is 2. The molecule has 1 amide bonds. The zero-order chi connectivity index (χ0) is 20.7. The molecule has 1 saturated heterocycles. The molecule has 0 unspecified atom stereocenters. The van der Waals surface area contributed by atoms with Crippen molar-refractivity contribution in [2.45, 2.75) is 25.7 Å². The lowest BCUT2D eigenvalue weighted by Gasteiger charge is -2.31. The van der Waals surface area contributed by atoms with Crippen molar-refractivity contribution in [2.24, 2.45) is 0 Å². The van der Waals surface area contributed by atoms with Crippen LogP contribution >= 0.6 is 11.6 Å². The number of rotatable bonds is 2. The molecule has 7 heteroatoms. The summed E-state index contributed by atoms with van der Waals surface area (Å²) in [5, 5.41) is 0.267. The highest BCUT2D eigenvalue weighted by Crippen LogP contribution is 2.35. The van der Waals surface area contributed by atoms with E-state index in [1.165, 1.54) is 19.1 Å². The Morgan fingerprint density at radius 2 is 1.86 bits per heavy atom. The van der Waals surface area contributed by atoms with Crippen molar-refractivity contribution in [2.75, 3.05) is 13.1 Å². The van der Waals surface area contributed by atoms with Crippen LogP contribution < -0.4 is 5.43 Å². The van der Waals surface area contributed by atoms with Gasteiger partial charge in [0.25, 0.3) is 0 Å². The van der Waals surface area contributed by atoms with E-state index in [-0.39, 0.29) is 28.3 Å². The van der Waals surface area contributed by atoms with Gasteiger partial charge >= 0.3 is 0 Å². The molecule has 150 valence electrons. The molecule has 2 aromatic carbocycles. The van der Waals surface area contributed by atoms with Crippen LogP contribution in [0.5, 0.6) is 0 Å². The monoisotopic (exact) mass is 416 g/mol. The Hall–Kier alpha value is -2.73. The topological polar surface area (TPSA) is 53.2 Å². The summed E-state index contributed by atoms with van der Waals surface area (Å²) in [5.74, 6) is -1.94. The van der Waals surface area contributed by atoms with E-state index in [4.69, 9.17) is 11.6 Å². The molecule has 1 aliphatic rings. The van der Waals surface area contributed by atoms with E-state index < -0.39 is 17.1 Å². The molecule has 3 aromatic rings. The molecule has 1 N–H and O–H groups in total. The van der Waals surface area contributed by atoms with Crippen molar-refractivity contribution in [3.8, 4) is 11.3 Å². The third-order valence-electron chi connectivity index (χ3n) is 5.56. The smallest absolute Gasteiger partial charge is 0.219 e. The molecule has 0 atom stereocenters. The Labute approximate surface area is 171 Å². The number of carbonyl (C=O) groups is 1. The number of aromatic nitrogens is 1. The lowest BCUT2D eigenvalue weighted by Crippen LogP contribution is -2.36. The van der Waals surface area contributed by atoms with E-state index >= 15 is 4.39 Å². The fourth-order valence-corrected chi connectivity index (χ4v) is 4.28. The van der Waals surface area contributed by atoms with Gasteiger partial charge in [-0.15, -0.1) is 0 Å². The van der Waals surface area contributed by atoms with E-state index in [9.17, 15) is 14.0 Å². The highest BCUT2D eigenvalue weighted by atomic mass is 35.5. The minimum absolute atomic E-state index is 0.0496. The fourth-order valence-electron chi connectivity index (χ4n) is 4.04. The first-order valence-corrected chi connectivity index (χ1v) is 9.80. The summed E-state index contributed by atoms with van der Waals surface area (Å²) in [6.07, 6.45) is 0.906. The van der Waals surface area contributed by atoms with E-state index in [0.717, 1.165) is 0 Å². The highest BCUT2D eigenvalue weighted by Gasteiger charge is 2.28. The average molecular weight is 417 g/mol. The summed E-state index contributed by atoms with van der Waals surface area (Å²) in [7, 11) is 0. The molecule has 0 aliphatic carbocycles. The Morgan fingerprint density at radius 1 is 1.17 bits per heavy atom. The molecule has 0 saturated carbocycles. The van der Waals surface area contributed by atoms with E-state index in [2.05, 4.69) is 4.98 Å². The summed E-state index contributed by atoms with van der Waals surface area (Å²) >= 11 is 6.19. The van der Waals surface area contributed by atoms with Gasteiger partial charge in [0.2, 0.25) is 5.91 Å². The number of amides is 1. The van der Waals surface area contributed by atoms with E-state index in [1.54, 1.807) is 29.2 Å². The molecule has 4 nitrogen and oxygen atoms in total. The Kier molecular flexibility index (Phi) is 5.13. The third-order valence-corrected chi connectivity index (χ3v) is 5.89. The lowest BCUT2D eigenvalue weighted by molar-refractivity contribution is -0.129. The maximum atomic E-state index is 15.3. The molecule has 4 rings (SSSR count). The van der Waals surface area contributed by atoms with Crippen LogP contribution in [0.25, 0.3) is 22.2 Å². The molecule has 0 spiro atoms. The molecule has 29 heavy (non-hydrogen) atoms. The fraction of sp³-hybridized carbons (Fsp3) is 0.273. The number of fused-ring (bicyclic) bond motifs is 1. The van der Waals surface area contributed by atoms with Crippen LogP contribution in [0.1, 0.15) is 31.2 Å². The first-order chi connectivity index (χ1) is 13.9. The van der Waals surface area contributed by atoms with Gasteiger partial charge in [0.15, 0.2) is 5.43 Å². The number of piperidine rings is 1. The largest absolute Gasteiger partial charge is 0.354 e. The zero-order valence-electron chi connectivity index (χ0n) is 15.8. The number of nitrogens with zero attached hydrogens (tertiary/aromatic N) is 1. The molecule has 1 aliphatic heterocycles. The number of hydrogen-bond donors (Lipinski definition) is 1. The number of H-pyrrole nitrogens is 1. The van der Waals surface area contributed by atoms with Crippen LogP contribution in [0.3, 0.4) is 0 Å². The summed E-state index contributed by atoms with van der Waals surface area (Å²) in [4.78, 5) is 28.8. The second-order valence-corrected chi connectivity index (χ2v) is 7.72. The van der Waals surface area contributed by atoms with Gasteiger partial charge in [0.05, 0.1) is 16.6 Å². The molecule has 0 radical (unpaired) electrons. The van der Waals surface area contributed by atoms with Gasteiger partial charge in [-0.25, -0.2) is 8.78 Å². The number of nitrogens with one attached hydrogen (secondary N) is 1. The molecule has 2 heterocycles. The zero-order valence-corrected chi connectivity index (χ0v) is 16.5. The van der Waals surface area contributed by atoms with Crippen LogP contribution in [-0.2, 0) is 4.79 Å². The molecule has 0 bridgehead atoms. The second-order valence-electron chi connectivity index (χ2n) is 7.32. The third kappa shape index (κ3) is 3.53. The van der Waals surface area contributed by atoms with Gasteiger partial charge in [-0.2, -0.15) is 0 Å². The normalized spacial score (nSPS) is 15.1. The van der Waals surface area contributed by atoms with E-state index in [0.29, 0.717) is 42.2 Å². The maximum absolute atomic E-state index is 15.3. The van der Waals surface area contributed by atoms with Crippen molar-refractivity contribution in [3.63, 3.8) is 0 Å². The summed E-state index contributed by atoms with van der Waals surface area (Å²) in [6.45, 7) is 2.37. The minimum Gasteiger partial charge on any atom is -0.354 e. The molecule has 1 aromatic heterocycles. The van der Waals surface area contributed by atoms with E-state index in [1.807, 2.05) is 0 Å². The van der Waals surface area contributed by atoms with Gasteiger partial charge in [-0.05, 0) is 30.9 Å². The quantitative estimate of drug-likeness (QED) is 0.649. The predicted octanol–water partition coefficient (Wildman–Crippen LogP) is 4.85. The van der Waals surface area contributed by atoms with Gasteiger partial charge in [0, 0.05) is 42.2 Å². The first-order valence-electron chi connectivity index (χ1n) is 9.42. The molecule has 1 fully saturated rings. The number of likely N-dealkylation sites (tertiary alicyclic amines) is 1. The van der Waals surface area contributed by atoms with Gasteiger partial charge in [0.1, 0.15) is 11.6 Å². The van der Waals surface area contributed by atoms with Crippen molar-refractivity contribution in [1.82, 2.24) is 9.88 Å². The minimum atomic E-state index is -0.826. The average Bonchev–Trinajstić information content (AvgIpc) is 2.68. The standard InChI is InChI=1S/C22H19ClF2N2O2/c1-12(28)27-8-6-13(7-9-27)20-16(24)10-18-21(22(20)25)19(29)11-17(26-18)14-4-2-3-5-15(14)23/h2-5,10-11,13H,6-9H2,1H3,(H,26,29). The van der Waals surface area contributed by atoms with Crippen LogP contribution in [0.2, 0.25) is 5.02 Å². The van der Waals surface area contributed by atoms with Gasteiger partial charge in [-0.3, -0.25) is 9.59 Å². The number of halogens is 3. The number of aromatic amines is 1. The number of benzene rings is 2. The Morgan fingerprint density at radius 3 is 2.52 bits per heavy atom. The van der Waals surface area contributed by atoms with Crippen molar-refractivity contribution < 1.29 is 13.6 Å².